The smallest absolute Gasteiger partial charge is 0.0262 e. The molecule has 0 nitrogen and oxygen atoms in total. The number of rotatable bonds is 1. The van der Waals surface area contributed by atoms with Crippen LogP contribution >= 0.6 is 27.5 Å². The molecule has 2 heteroatoms. The van der Waals surface area contributed by atoms with Crippen LogP contribution in [0.3, 0.4) is 0 Å². The monoisotopic (exact) mass is 168 g/mol. The number of halogens is 2. The molecule has 0 aliphatic heterocycles. The molecule has 1 rings (SSSR count). The fraction of sp³-hybridized carbons (Fsp3) is 1.00. The Morgan fingerprint density at radius 2 is 2.33 bits per heavy atom. The van der Waals surface area contributed by atoms with Crippen molar-refractivity contribution in [2.45, 2.75) is 11.2 Å². The summed E-state index contributed by atoms with van der Waals surface area (Å²) in [5, 5.41) is 0. The first-order valence-corrected chi connectivity index (χ1v) is 3.49. The van der Waals surface area contributed by atoms with Gasteiger partial charge >= 0.3 is 0 Å². The van der Waals surface area contributed by atoms with E-state index in [4.69, 9.17) is 11.6 Å². The van der Waals surface area contributed by atoms with E-state index < -0.39 is 0 Å². The molecule has 0 unspecified atom stereocenters. The van der Waals surface area contributed by atoms with Gasteiger partial charge in [-0.25, -0.2) is 0 Å². The Labute approximate surface area is 51.0 Å². The minimum absolute atomic E-state index is 0.745. The van der Waals surface area contributed by atoms with Crippen molar-refractivity contribution in [1.29, 1.82) is 0 Å². The van der Waals surface area contributed by atoms with E-state index in [-0.39, 0.29) is 0 Å². The van der Waals surface area contributed by atoms with Crippen LogP contribution in [-0.2, 0) is 0 Å². The second kappa shape index (κ2) is 1.71. The number of hydrogen-bond donors (Lipinski definition) is 0. The third kappa shape index (κ3) is 0.881. The molecule has 0 radical (unpaired) electrons. The molecule has 1 fully saturated rings. The highest BCUT2D eigenvalue weighted by Crippen LogP contribution is 2.38. The van der Waals surface area contributed by atoms with E-state index in [1.165, 1.54) is 6.42 Å². The van der Waals surface area contributed by atoms with E-state index in [1.807, 2.05) is 0 Å². The Morgan fingerprint density at radius 1 is 1.83 bits per heavy atom. The molecular weight excluding hydrogens is 163 g/mol. The van der Waals surface area contributed by atoms with Crippen molar-refractivity contribution in [3.63, 3.8) is 0 Å². The molecule has 0 amide bonds. The molecule has 2 atom stereocenters. The van der Waals surface area contributed by atoms with Crippen molar-refractivity contribution in [2.75, 3.05) is 5.88 Å². The largest absolute Gasteiger partial charge is 0.126 e. The van der Waals surface area contributed by atoms with E-state index in [9.17, 15) is 0 Å². The van der Waals surface area contributed by atoms with Crippen molar-refractivity contribution in [2.24, 2.45) is 5.92 Å². The lowest BCUT2D eigenvalue weighted by Crippen LogP contribution is -1.75. The SMILES string of the molecule is ClC[C@@H]1C[C@@H]1Br. The van der Waals surface area contributed by atoms with E-state index in [0.29, 0.717) is 0 Å². The molecule has 0 N–H and O–H groups in total. The van der Waals surface area contributed by atoms with E-state index in [0.717, 1.165) is 16.6 Å². The van der Waals surface area contributed by atoms with E-state index in [2.05, 4.69) is 15.9 Å². The summed E-state index contributed by atoms with van der Waals surface area (Å²) >= 11 is 8.89. The zero-order chi connectivity index (χ0) is 4.57. The van der Waals surface area contributed by atoms with Gasteiger partial charge in [0, 0.05) is 10.7 Å². The molecule has 0 aromatic rings. The van der Waals surface area contributed by atoms with Gasteiger partial charge in [0.15, 0.2) is 0 Å². The fourth-order valence-electron chi connectivity index (χ4n) is 0.370. The Balaban J connectivity index is 2.09. The average molecular weight is 169 g/mol. The maximum absolute atomic E-state index is 5.46. The Hall–Kier alpha value is 0.770. The fourth-order valence-corrected chi connectivity index (χ4v) is 1.59. The van der Waals surface area contributed by atoms with Crippen LogP contribution in [0.25, 0.3) is 0 Å². The van der Waals surface area contributed by atoms with Crippen LogP contribution in [0.1, 0.15) is 6.42 Å². The molecule has 1 aliphatic rings. The zero-order valence-corrected chi connectivity index (χ0v) is 5.67. The van der Waals surface area contributed by atoms with Crippen LogP contribution in [0.2, 0.25) is 0 Å². The third-order valence-electron chi connectivity index (χ3n) is 1.03. The van der Waals surface area contributed by atoms with Gasteiger partial charge in [-0.05, 0) is 12.3 Å². The second-order valence-corrected chi connectivity index (χ2v) is 3.15. The summed E-state index contributed by atoms with van der Waals surface area (Å²) in [6.07, 6.45) is 1.28. The van der Waals surface area contributed by atoms with Crippen LogP contribution < -0.4 is 0 Å². The number of alkyl halides is 2. The Morgan fingerprint density at radius 3 is 2.33 bits per heavy atom. The van der Waals surface area contributed by atoms with Gasteiger partial charge in [0.05, 0.1) is 0 Å². The molecule has 0 aromatic heterocycles. The summed E-state index contributed by atoms with van der Waals surface area (Å²) < 4.78 is 0. The highest BCUT2D eigenvalue weighted by molar-refractivity contribution is 9.09. The van der Waals surface area contributed by atoms with Crippen molar-refractivity contribution >= 4 is 27.5 Å². The normalized spacial score (nSPS) is 43.0. The molecule has 1 aliphatic carbocycles. The van der Waals surface area contributed by atoms with Crippen molar-refractivity contribution in [3.05, 3.63) is 0 Å². The molecular formula is C4H6BrCl. The van der Waals surface area contributed by atoms with Crippen LogP contribution in [0, 0.1) is 5.92 Å². The molecule has 0 heterocycles. The van der Waals surface area contributed by atoms with Crippen molar-refractivity contribution in [1.82, 2.24) is 0 Å². The molecule has 0 aromatic carbocycles. The standard InChI is InChI=1S/C4H6BrCl/c5-4-1-3(4)2-6/h3-4H,1-2H2/t3-,4-/m0/s1. The van der Waals surface area contributed by atoms with Gasteiger partial charge in [0.25, 0.3) is 0 Å². The second-order valence-electron chi connectivity index (χ2n) is 1.67. The first-order chi connectivity index (χ1) is 2.84. The predicted octanol–water partition coefficient (Wildman–Crippen LogP) is 2.01. The molecule has 0 bridgehead atoms. The molecule has 6 heavy (non-hydrogen) atoms. The van der Waals surface area contributed by atoms with Gasteiger partial charge in [-0.2, -0.15) is 0 Å². The highest BCUT2D eigenvalue weighted by Gasteiger charge is 2.32. The van der Waals surface area contributed by atoms with Crippen LogP contribution in [0.15, 0.2) is 0 Å². The maximum Gasteiger partial charge on any atom is 0.0262 e. The van der Waals surface area contributed by atoms with Crippen LogP contribution in [-0.4, -0.2) is 10.7 Å². The molecule has 1 saturated carbocycles. The van der Waals surface area contributed by atoms with Gasteiger partial charge in [-0.15, -0.1) is 11.6 Å². The lowest BCUT2D eigenvalue weighted by atomic mass is 10.5. The summed E-state index contributed by atoms with van der Waals surface area (Å²) in [5.74, 6) is 1.61. The average Bonchev–Trinajstić information content (AvgIpc) is 2.19. The minimum atomic E-state index is 0.745. The lowest BCUT2D eigenvalue weighted by molar-refractivity contribution is 1.00. The Bertz CT molecular complexity index is 53.5. The zero-order valence-electron chi connectivity index (χ0n) is 3.32. The summed E-state index contributed by atoms with van der Waals surface area (Å²) in [6, 6.07) is 0. The van der Waals surface area contributed by atoms with Gasteiger partial charge in [0.1, 0.15) is 0 Å². The van der Waals surface area contributed by atoms with Crippen molar-refractivity contribution in [3.8, 4) is 0 Å². The summed E-state index contributed by atoms with van der Waals surface area (Å²) in [5.41, 5.74) is 0. The van der Waals surface area contributed by atoms with E-state index >= 15 is 0 Å². The number of hydrogen-bond acceptors (Lipinski definition) is 0. The summed E-state index contributed by atoms with van der Waals surface area (Å²) in [4.78, 5) is 0.745. The third-order valence-corrected chi connectivity index (χ3v) is 2.55. The predicted molar refractivity (Wildman–Crippen MR) is 31.5 cm³/mol. The minimum Gasteiger partial charge on any atom is -0.126 e. The van der Waals surface area contributed by atoms with Gasteiger partial charge in [-0.3, -0.25) is 0 Å². The topological polar surface area (TPSA) is 0 Å². The first kappa shape index (κ1) is 4.92. The van der Waals surface area contributed by atoms with Gasteiger partial charge in [-0.1, -0.05) is 15.9 Å². The lowest BCUT2D eigenvalue weighted by Gasteiger charge is -1.75. The molecule has 0 spiro atoms. The molecule has 36 valence electrons. The molecule has 0 saturated heterocycles. The van der Waals surface area contributed by atoms with Crippen molar-refractivity contribution < 1.29 is 0 Å². The van der Waals surface area contributed by atoms with Crippen LogP contribution in [0.5, 0.6) is 0 Å². The van der Waals surface area contributed by atoms with Gasteiger partial charge in [0.2, 0.25) is 0 Å². The maximum atomic E-state index is 5.46. The highest BCUT2D eigenvalue weighted by atomic mass is 79.9. The summed E-state index contributed by atoms with van der Waals surface area (Å²) in [6.45, 7) is 0. The van der Waals surface area contributed by atoms with Gasteiger partial charge < -0.3 is 0 Å². The quantitative estimate of drug-likeness (QED) is 0.527. The summed E-state index contributed by atoms with van der Waals surface area (Å²) in [7, 11) is 0. The Kier molecular flexibility index (Phi) is 1.40. The van der Waals surface area contributed by atoms with E-state index in [1.54, 1.807) is 0 Å². The first-order valence-electron chi connectivity index (χ1n) is 2.04. The van der Waals surface area contributed by atoms with Crippen LogP contribution in [0.4, 0.5) is 0 Å².